The van der Waals surface area contributed by atoms with Crippen LogP contribution in [0.5, 0.6) is 5.88 Å². The van der Waals surface area contributed by atoms with E-state index in [0.29, 0.717) is 5.88 Å². The van der Waals surface area contributed by atoms with E-state index in [1.165, 1.54) is 0 Å². The molecule has 0 aromatic carbocycles. The molecule has 1 aliphatic rings. The predicted molar refractivity (Wildman–Crippen MR) is 73.6 cm³/mol. The third-order valence-electron chi connectivity index (χ3n) is 3.36. The van der Waals surface area contributed by atoms with Gasteiger partial charge in [-0.25, -0.2) is 4.98 Å². The van der Waals surface area contributed by atoms with E-state index in [1.807, 2.05) is 0 Å². The van der Waals surface area contributed by atoms with Crippen LogP contribution in [0, 0.1) is 0 Å². The van der Waals surface area contributed by atoms with Crippen molar-refractivity contribution >= 4 is 5.95 Å². The van der Waals surface area contributed by atoms with Gasteiger partial charge in [0.2, 0.25) is 11.8 Å². The number of rotatable bonds is 6. The lowest BCUT2D eigenvalue weighted by molar-refractivity contribution is 0.231. The summed E-state index contributed by atoms with van der Waals surface area (Å²) in [6, 6.07) is 1.76. The Morgan fingerprint density at radius 1 is 1.26 bits per heavy atom. The molecule has 0 aliphatic carbocycles. The van der Waals surface area contributed by atoms with Gasteiger partial charge in [0.25, 0.3) is 0 Å². The molecule has 1 aromatic rings. The van der Waals surface area contributed by atoms with Crippen molar-refractivity contribution in [3.63, 3.8) is 0 Å². The first-order valence-electron chi connectivity index (χ1n) is 6.78. The van der Waals surface area contributed by atoms with Crippen molar-refractivity contribution in [2.24, 2.45) is 0 Å². The normalized spacial score (nSPS) is 16.6. The monoisotopic (exact) mass is 266 g/mol. The molecule has 6 heteroatoms. The zero-order chi connectivity index (χ0) is 13.5. The van der Waals surface area contributed by atoms with Gasteiger partial charge in [0.1, 0.15) is 0 Å². The van der Waals surface area contributed by atoms with Crippen LogP contribution in [0.1, 0.15) is 12.8 Å². The van der Waals surface area contributed by atoms with E-state index >= 15 is 0 Å². The van der Waals surface area contributed by atoms with Crippen LogP contribution in [-0.4, -0.2) is 66.4 Å². The third kappa shape index (κ3) is 4.04. The molecule has 0 saturated carbocycles. The average Bonchev–Trinajstić information content (AvgIpc) is 2.48. The summed E-state index contributed by atoms with van der Waals surface area (Å²) in [5.41, 5.74) is 0. The summed E-state index contributed by atoms with van der Waals surface area (Å²) < 4.78 is 5.12. The molecule has 1 fully saturated rings. The lowest BCUT2D eigenvalue weighted by Crippen LogP contribution is -2.47. The molecule has 2 rings (SSSR count). The number of hydrogen-bond acceptors (Lipinski definition) is 6. The van der Waals surface area contributed by atoms with Crippen molar-refractivity contribution in [3.8, 4) is 5.88 Å². The van der Waals surface area contributed by atoms with Crippen LogP contribution in [0.3, 0.4) is 0 Å². The van der Waals surface area contributed by atoms with Crippen molar-refractivity contribution in [2.75, 3.05) is 51.3 Å². The highest BCUT2D eigenvalue weighted by molar-refractivity contribution is 5.32. The minimum absolute atomic E-state index is 0.289. The van der Waals surface area contributed by atoms with E-state index in [0.717, 1.165) is 51.5 Å². The number of aliphatic hydroxyl groups is 1. The molecule has 106 valence electrons. The van der Waals surface area contributed by atoms with Crippen LogP contribution in [0.25, 0.3) is 0 Å². The number of aromatic nitrogens is 2. The smallest absolute Gasteiger partial charge is 0.228 e. The lowest BCUT2D eigenvalue weighted by Gasteiger charge is -2.34. The Balaban J connectivity index is 1.82. The number of nitrogens with zero attached hydrogens (tertiary/aromatic N) is 4. The van der Waals surface area contributed by atoms with E-state index < -0.39 is 0 Å². The van der Waals surface area contributed by atoms with Gasteiger partial charge in [0, 0.05) is 45.0 Å². The Morgan fingerprint density at radius 3 is 2.74 bits per heavy atom. The number of piperazine rings is 1. The van der Waals surface area contributed by atoms with E-state index in [4.69, 9.17) is 9.84 Å². The standard InChI is InChI=1S/C13H22N4O2/c1-19-12-4-5-14-13(15-12)17-9-7-16(8-10-17)6-2-3-11-18/h4-5,18H,2-3,6-11H2,1H3. The van der Waals surface area contributed by atoms with Crippen LogP contribution >= 0.6 is 0 Å². The summed E-state index contributed by atoms with van der Waals surface area (Å²) in [6.45, 7) is 5.27. The average molecular weight is 266 g/mol. The van der Waals surface area contributed by atoms with E-state index in [9.17, 15) is 0 Å². The lowest BCUT2D eigenvalue weighted by atomic mass is 10.2. The Morgan fingerprint density at radius 2 is 2.05 bits per heavy atom. The largest absolute Gasteiger partial charge is 0.481 e. The third-order valence-corrected chi connectivity index (χ3v) is 3.36. The highest BCUT2D eigenvalue weighted by Gasteiger charge is 2.18. The quantitative estimate of drug-likeness (QED) is 0.751. The summed E-state index contributed by atoms with van der Waals surface area (Å²) >= 11 is 0. The first-order valence-corrected chi connectivity index (χ1v) is 6.78. The Hall–Kier alpha value is -1.40. The molecule has 0 unspecified atom stereocenters. The number of methoxy groups -OCH3 is 1. The molecule has 0 radical (unpaired) electrons. The maximum atomic E-state index is 8.78. The number of unbranched alkanes of at least 4 members (excludes halogenated alkanes) is 1. The first kappa shape index (κ1) is 14.0. The molecule has 6 nitrogen and oxygen atoms in total. The van der Waals surface area contributed by atoms with Crippen LogP contribution < -0.4 is 9.64 Å². The van der Waals surface area contributed by atoms with E-state index in [1.54, 1.807) is 19.4 Å². The van der Waals surface area contributed by atoms with Gasteiger partial charge >= 0.3 is 0 Å². The molecular formula is C13H22N4O2. The molecule has 0 amide bonds. The highest BCUT2D eigenvalue weighted by Crippen LogP contribution is 2.14. The van der Waals surface area contributed by atoms with Gasteiger partial charge < -0.3 is 14.7 Å². The maximum Gasteiger partial charge on any atom is 0.228 e. The van der Waals surface area contributed by atoms with Crippen LogP contribution in [0.2, 0.25) is 0 Å². The fourth-order valence-electron chi connectivity index (χ4n) is 2.22. The van der Waals surface area contributed by atoms with Gasteiger partial charge in [-0.1, -0.05) is 0 Å². The van der Waals surface area contributed by atoms with Crippen LogP contribution in [-0.2, 0) is 0 Å². The molecule has 1 aromatic heterocycles. The van der Waals surface area contributed by atoms with Crippen LogP contribution in [0.4, 0.5) is 5.95 Å². The zero-order valence-corrected chi connectivity index (χ0v) is 11.5. The van der Waals surface area contributed by atoms with Crippen molar-refractivity contribution in [1.29, 1.82) is 0 Å². The fourth-order valence-corrected chi connectivity index (χ4v) is 2.22. The predicted octanol–water partition coefficient (Wildman–Crippen LogP) is 0.380. The maximum absolute atomic E-state index is 8.78. The first-order chi connectivity index (χ1) is 9.33. The Kier molecular flexibility index (Phi) is 5.35. The van der Waals surface area contributed by atoms with Crippen molar-refractivity contribution in [1.82, 2.24) is 14.9 Å². The number of anilines is 1. The van der Waals surface area contributed by atoms with Gasteiger partial charge in [0.15, 0.2) is 0 Å². The molecular weight excluding hydrogens is 244 g/mol. The topological polar surface area (TPSA) is 61.7 Å². The van der Waals surface area contributed by atoms with E-state index in [-0.39, 0.29) is 6.61 Å². The summed E-state index contributed by atoms with van der Waals surface area (Å²) in [4.78, 5) is 13.3. The summed E-state index contributed by atoms with van der Waals surface area (Å²) in [6.07, 6.45) is 3.68. The minimum atomic E-state index is 0.289. The van der Waals surface area contributed by atoms with Gasteiger partial charge in [-0.05, 0) is 19.4 Å². The molecule has 0 bridgehead atoms. The molecule has 0 spiro atoms. The molecule has 1 aliphatic heterocycles. The molecule has 0 atom stereocenters. The molecule has 1 saturated heterocycles. The summed E-state index contributed by atoms with van der Waals surface area (Å²) in [5.74, 6) is 1.35. The van der Waals surface area contributed by atoms with Crippen molar-refractivity contribution in [3.05, 3.63) is 12.3 Å². The zero-order valence-electron chi connectivity index (χ0n) is 11.5. The van der Waals surface area contributed by atoms with Gasteiger partial charge in [-0.15, -0.1) is 0 Å². The number of hydrogen-bond donors (Lipinski definition) is 1. The van der Waals surface area contributed by atoms with Crippen molar-refractivity contribution < 1.29 is 9.84 Å². The second kappa shape index (κ2) is 7.25. The second-order valence-corrected chi connectivity index (χ2v) is 4.66. The second-order valence-electron chi connectivity index (χ2n) is 4.66. The summed E-state index contributed by atoms with van der Waals surface area (Å²) in [7, 11) is 1.62. The number of ether oxygens (including phenoxy) is 1. The van der Waals surface area contributed by atoms with Crippen LogP contribution in [0.15, 0.2) is 12.3 Å². The highest BCUT2D eigenvalue weighted by atomic mass is 16.5. The summed E-state index contributed by atoms with van der Waals surface area (Å²) in [5, 5.41) is 8.78. The van der Waals surface area contributed by atoms with Gasteiger partial charge in [0.05, 0.1) is 7.11 Å². The minimum Gasteiger partial charge on any atom is -0.481 e. The number of aliphatic hydroxyl groups excluding tert-OH is 1. The molecule has 19 heavy (non-hydrogen) atoms. The van der Waals surface area contributed by atoms with E-state index in [2.05, 4.69) is 19.8 Å². The Labute approximate surface area is 114 Å². The van der Waals surface area contributed by atoms with Gasteiger partial charge in [-0.2, -0.15) is 4.98 Å². The SMILES string of the molecule is COc1ccnc(N2CCN(CCCCO)CC2)n1. The fraction of sp³-hybridized carbons (Fsp3) is 0.692. The van der Waals surface area contributed by atoms with Gasteiger partial charge in [-0.3, -0.25) is 4.90 Å². The molecule has 2 heterocycles. The molecule has 1 N–H and O–H groups in total. The van der Waals surface area contributed by atoms with Crippen molar-refractivity contribution in [2.45, 2.75) is 12.8 Å². The Bertz CT molecular complexity index is 381.